The highest BCUT2D eigenvalue weighted by atomic mass is 16.6. The number of nitrogens with one attached hydrogen (secondary N) is 4. The van der Waals surface area contributed by atoms with Crippen LogP contribution in [0.2, 0.25) is 0 Å². The Morgan fingerprint density at radius 3 is 1.86 bits per heavy atom. The van der Waals surface area contributed by atoms with Crippen LogP contribution in [-0.2, 0) is 35.0 Å². The Hall–Kier alpha value is -3.91. The highest BCUT2D eigenvalue weighted by Crippen LogP contribution is 2.25. The van der Waals surface area contributed by atoms with Crippen LogP contribution in [0, 0.1) is 17.8 Å². The van der Waals surface area contributed by atoms with Gasteiger partial charge < -0.3 is 30.2 Å². The quantitative estimate of drug-likeness (QED) is 0.102. The maximum Gasteiger partial charge on any atom is 0.407 e. The first-order chi connectivity index (χ1) is 23.2. The normalized spacial score (nSPS) is 16.0. The third-order valence-electron chi connectivity index (χ3n) is 8.49. The van der Waals surface area contributed by atoms with Crippen molar-refractivity contribution in [2.45, 2.75) is 90.4 Å². The maximum absolute atomic E-state index is 13.8. The highest BCUT2D eigenvalue weighted by molar-refractivity contribution is 5.86. The lowest BCUT2D eigenvalue weighted by Gasteiger charge is -2.37. The predicted octanol–water partition coefficient (Wildman–Crippen LogP) is 2.86. The molecule has 49 heavy (non-hydrogen) atoms. The number of alkyl carbamates (subject to hydrolysis) is 2. The van der Waals surface area contributed by atoms with E-state index in [0.717, 1.165) is 37.7 Å². The summed E-state index contributed by atoms with van der Waals surface area (Å²) in [5.41, 5.74) is 3.89. The molecule has 14 heteroatoms. The number of ether oxygens (including phenoxy) is 3. The van der Waals surface area contributed by atoms with Gasteiger partial charge in [0.2, 0.25) is 5.91 Å². The highest BCUT2D eigenvalue weighted by Gasteiger charge is 2.35. The third kappa shape index (κ3) is 15.0. The van der Waals surface area contributed by atoms with Gasteiger partial charge in [0.05, 0.1) is 33.4 Å². The molecule has 0 spiro atoms. The number of hydrogen-bond donors (Lipinski definition) is 4. The van der Waals surface area contributed by atoms with E-state index in [-0.39, 0.29) is 30.8 Å². The molecule has 0 bridgehead atoms. The number of carbonyl (C=O) groups is 5. The van der Waals surface area contributed by atoms with Gasteiger partial charge in [-0.2, -0.15) is 0 Å². The molecule has 1 aromatic carbocycles. The largest absolute Gasteiger partial charge is 0.458 e. The van der Waals surface area contributed by atoms with Crippen molar-refractivity contribution in [2.75, 3.05) is 47.9 Å². The second-order valence-corrected chi connectivity index (χ2v) is 13.7. The van der Waals surface area contributed by atoms with Crippen molar-refractivity contribution in [2.24, 2.45) is 17.8 Å². The summed E-state index contributed by atoms with van der Waals surface area (Å²) in [5, 5.41) is 10.0. The topological polar surface area (TPSA) is 168 Å². The van der Waals surface area contributed by atoms with E-state index in [1.54, 1.807) is 37.9 Å². The zero-order chi connectivity index (χ0) is 36.5. The molecule has 1 aliphatic rings. The molecule has 0 aromatic heterocycles. The molecule has 4 amide bonds. The molecule has 1 aliphatic carbocycles. The molecular weight excluding hydrogens is 632 g/mol. The van der Waals surface area contributed by atoms with E-state index in [1.165, 1.54) is 14.2 Å². The maximum atomic E-state index is 13.8. The van der Waals surface area contributed by atoms with E-state index in [1.807, 2.05) is 44.2 Å². The Kier molecular flexibility index (Phi) is 17.9. The first-order valence-electron chi connectivity index (χ1n) is 17.2. The van der Waals surface area contributed by atoms with Crippen LogP contribution in [0.5, 0.6) is 0 Å². The fourth-order valence-electron chi connectivity index (χ4n) is 5.86. The summed E-state index contributed by atoms with van der Waals surface area (Å²) in [6, 6.07) is 6.89. The lowest BCUT2D eigenvalue weighted by Crippen LogP contribution is -2.60. The van der Waals surface area contributed by atoms with Crippen molar-refractivity contribution >= 4 is 30.0 Å². The lowest BCUT2D eigenvalue weighted by molar-refractivity contribution is -0.154. The fourth-order valence-corrected chi connectivity index (χ4v) is 5.86. The summed E-state index contributed by atoms with van der Waals surface area (Å²) in [4.78, 5) is 66.7. The third-order valence-corrected chi connectivity index (χ3v) is 8.49. The van der Waals surface area contributed by atoms with Gasteiger partial charge in [-0.25, -0.2) is 14.6 Å². The average molecular weight is 691 g/mol. The number of likely N-dealkylation sites (N-methyl/N-ethyl adjacent to an activating group) is 1. The zero-order valence-electron chi connectivity index (χ0n) is 30.5. The number of hydrazine groups is 1. The molecule has 1 fully saturated rings. The van der Waals surface area contributed by atoms with Gasteiger partial charge in [0.25, 0.3) is 5.91 Å². The van der Waals surface area contributed by atoms with E-state index in [2.05, 4.69) is 21.4 Å². The fraction of sp³-hybridized carbons (Fsp3) is 0.686. The molecule has 1 aromatic rings. The molecule has 1 saturated carbocycles. The number of carbonyl (C=O) groups excluding carboxylic acids is 5. The molecule has 0 saturated heterocycles. The van der Waals surface area contributed by atoms with Gasteiger partial charge in [-0.3, -0.25) is 24.7 Å². The van der Waals surface area contributed by atoms with Gasteiger partial charge in [-0.15, -0.1) is 0 Å². The number of amides is 4. The number of hydrogen-bond acceptors (Lipinski definition) is 10. The molecule has 0 aliphatic heterocycles. The van der Waals surface area contributed by atoms with Crippen LogP contribution in [-0.4, -0.2) is 112 Å². The minimum absolute atomic E-state index is 0.00548. The first kappa shape index (κ1) is 41.3. The van der Waals surface area contributed by atoms with Crippen molar-refractivity contribution in [1.29, 1.82) is 0 Å². The van der Waals surface area contributed by atoms with Gasteiger partial charge in [-0.05, 0) is 56.7 Å². The van der Waals surface area contributed by atoms with Gasteiger partial charge in [0.1, 0.15) is 18.2 Å². The van der Waals surface area contributed by atoms with Gasteiger partial charge >= 0.3 is 18.2 Å². The number of rotatable bonds is 18. The monoisotopic (exact) mass is 690 g/mol. The number of nitrogens with zero attached hydrogens (tertiary/aromatic N) is 2. The number of methoxy groups -OCH3 is 2. The minimum atomic E-state index is -0.933. The Morgan fingerprint density at radius 1 is 0.796 bits per heavy atom. The summed E-state index contributed by atoms with van der Waals surface area (Å²) in [5.74, 6) is -1.70. The minimum Gasteiger partial charge on any atom is -0.458 e. The van der Waals surface area contributed by atoms with Crippen molar-refractivity contribution in [3.8, 4) is 0 Å². The summed E-state index contributed by atoms with van der Waals surface area (Å²) in [6.07, 6.45) is 3.13. The molecule has 14 nitrogen and oxygen atoms in total. The van der Waals surface area contributed by atoms with Gasteiger partial charge in [0, 0.05) is 6.54 Å². The summed E-state index contributed by atoms with van der Waals surface area (Å²) in [6.45, 7) is 7.74. The van der Waals surface area contributed by atoms with Crippen LogP contribution in [0.1, 0.15) is 65.4 Å². The second kappa shape index (κ2) is 21.2. The molecule has 4 N–H and O–H groups in total. The van der Waals surface area contributed by atoms with E-state index in [0.29, 0.717) is 13.0 Å². The Balaban J connectivity index is 2.55. The molecule has 0 radical (unpaired) electrons. The van der Waals surface area contributed by atoms with Crippen LogP contribution in [0.3, 0.4) is 0 Å². The van der Waals surface area contributed by atoms with E-state index < -0.39 is 54.2 Å². The van der Waals surface area contributed by atoms with Crippen LogP contribution >= 0.6 is 0 Å². The molecule has 2 rings (SSSR count). The van der Waals surface area contributed by atoms with E-state index in [4.69, 9.17) is 14.2 Å². The van der Waals surface area contributed by atoms with Crippen molar-refractivity contribution in [1.82, 2.24) is 31.3 Å². The van der Waals surface area contributed by atoms with Crippen LogP contribution in [0.15, 0.2) is 30.3 Å². The smallest absolute Gasteiger partial charge is 0.407 e. The average Bonchev–Trinajstić information content (AvgIpc) is 3.05. The van der Waals surface area contributed by atoms with E-state index in [9.17, 15) is 24.0 Å². The Labute approximate surface area is 291 Å². The number of esters is 1. The lowest BCUT2D eigenvalue weighted by atomic mass is 9.89. The van der Waals surface area contributed by atoms with Gasteiger partial charge in [0.15, 0.2) is 0 Å². The standard InChI is InChI=1S/C35H58N6O8/c1-23(2)30(37-34(45)47-7)32(43)36-27(19-25-15-11-9-12-16-25)28(49-29(42)22-40(5)6)21-41(20-26-17-13-10-14-18-26)39-33(44)31(24(3)4)38-35(46)48-8/h9,11-12,15-16,23-24,26-28,30-31H,10,13-14,17-22H2,1-8H3,(H,36,43)(H,37,45)(H,38,46)(H,39,44)/t27?,28?,30-,31-/m0/s1. The first-order valence-corrected chi connectivity index (χ1v) is 17.2. The summed E-state index contributed by atoms with van der Waals surface area (Å²) < 4.78 is 15.7. The molecule has 2 unspecified atom stereocenters. The second-order valence-electron chi connectivity index (χ2n) is 13.7. The molecular formula is C35H58N6O8. The Morgan fingerprint density at radius 2 is 1.35 bits per heavy atom. The predicted molar refractivity (Wildman–Crippen MR) is 185 cm³/mol. The summed E-state index contributed by atoms with van der Waals surface area (Å²) in [7, 11) is 5.96. The molecule has 0 heterocycles. The van der Waals surface area contributed by atoms with Crippen molar-refractivity contribution in [3.05, 3.63) is 35.9 Å². The SMILES string of the molecule is COC(=O)N[C@H](C(=O)NC(Cc1ccccc1)C(CN(CC1CCCCC1)NC(=O)[C@@H](NC(=O)OC)C(C)C)OC(=O)CN(C)C)C(C)C. The van der Waals surface area contributed by atoms with Crippen LogP contribution < -0.4 is 21.4 Å². The Bertz CT molecular complexity index is 1190. The van der Waals surface area contributed by atoms with E-state index >= 15 is 0 Å². The molecule has 4 atom stereocenters. The zero-order valence-corrected chi connectivity index (χ0v) is 30.5. The molecule has 276 valence electrons. The summed E-state index contributed by atoms with van der Waals surface area (Å²) >= 11 is 0. The van der Waals surface area contributed by atoms with Crippen molar-refractivity contribution < 1.29 is 38.2 Å². The number of benzene rings is 1. The van der Waals surface area contributed by atoms with Gasteiger partial charge in [-0.1, -0.05) is 77.3 Å². The van der Waals surface area contributed by atoms with Crippen LogP contribution in [0.25, 0.3) is 0 Å². The van der Waals surface area contributed by atoms with Crippen molar-refractivity contribution in [3.63, 3.8) is 0 Å². The van der Waals surface area contributed by atoms with Crippen LogP contribution in [0.4, 0.5) is 9.59 Å².